The van der Waals surface area contributed by atoms with Crippen molar-refractivity contribution in [3.63, 3.8) is 0 Å². The van der Waals surface area contributed by atoms with Crippen LogP contribution in [0.1, 0.15) is 17.0 Å². The molecular weight excluding hydrogens is 290 g/mol. The van der Waals surface area contributed by atoms with Crippen LogP contribution >= 0.6 is 0 Å². The Bertz CT molecular complexity index is 868. The largest absolute Gasteiger partial charge is 0.485 e. The second-order valence-corrected chi connectivity index (χ2v) is 5.63. The molecule has 118 valence electrons. The number of hydrogen-bond acceptors (Lipinski definition) is 3. The number of benzene rings is 2. The molecule has 5 heteroatoms. The predicted molar refractivity (Wildman–Crippen MR) is 89.2 cm³/mol. The number of amides is 1. The summed E-state index contributed by atoms with van der Waals surface area (Å²) < 4.78 is 7.73. The third kappa shape index (κ3) is 3.18. The summed E-state index contributed by atoms with van der Waals surface area (Å²) in [5, 5.41) is 0. The van der Waals surface area contributed by atoms with Gasteiger partial charge in [0, 0.05) is 0 Å². The molecule has 0 unspecified atom stereocenters. The van der Waals surface area contributed by atoms with Gasteiger partial charge in [-0.05, 0) is 43.2 Å². The lowest BCUT2D eigenvalue weighted by atomic mass is 10.1. The summed E-state index contributed by atoms with van der Waals surface area (Å²) in [4.78, 5) is 15.9. The van der Waals surface area contributed by atoms with Crippen LogP contribution in [-0.2, 0) is 17.9 Å². The SMILES string of the molecule is Cc1ccc(C)c(OCc2nc3ccccc3n2CC(N)=O)c1. The van der Waals surface area contributed by atoms with E-state index in [1.807, 2.05) is 60.9 Å². The molecule has 0 saturated carbocycles. The maximum Gasteiger partial charge on any atom is 0.237 e. The number of aryl methyl sites for hydroxylation is 2. The average molecular weight is 309 g/mol. The van der Waals surface area contributed by atoms with Gasteiger partial charge in [-0.3, -0.25) is 4.79 Å². The zero-order valence-corrected chi connectivity index (χ0v) is 13.2. The average Bonchev–Trinajstić information content (AvgIpc) is 2.86. The number of carbonyl (C=O) groups is 1. The summed E-state index contributed by atoms with van der Waals surface area (Å²) in [5.74, 6) is 1.11. The molecule has 23 heavy (non-hydrogen) atoms. The van der Waals surface area contributed by atoms with E-state index in [2.05, 4.69) is 4.98 Å². The highest BCUT2D eigenvalue weighted by Gasteiger charge is 2.13. The molecule has 0 fully saturated rings. The van der Waals surface area contributed by atoms with Crippen LogP contribution in [0, 0.1) is 13.8 Å². The lowest BCUT2D eigenvalue weighted by Gasteiger charge is -2.11. The molecule has 1 heterocycles. The van der Waals surface area contributed by atoms with Crippen molar-refractivity contribution in [2.45, 2.75) is 27.0 Å². The number of rotatable bonds is 5. The van der Waals surface area contributed by atoms with Gasteiger partial charge in [-0.25, -0.2) is 4.98 Å². The summed E-state index contributed by atoms with van der Waals surface area (Å²) >= 11 is 0. The number of ether oxygens (including phenoxy) is 1. The van der Waals surface area contributed by atoms with Gasteiger partial charge in [-0.15, -0.1) is 0 Å². The van der Waals surface area contributed by atoms with Crippen molar-refractivity contribution in [3.05, 3.63) is 59.4 Å². The van der Waals surface area contributed by atoms with Gasteiger partial charge in [-0.2, -0.15) is 0 Å². The Hall–Kier alpha value is -2.82. The van der Waals surface area contributed by atoms with E-state index in [9.17, 15) is 4.79 Å². The Morgan fingerprint density at radius 3 is 2.78 bits per heavy atom. The molecule has 0 aliphatic heterocycles. The highest BCUT2D eigenvalue weighted by Crippen LogP contribution is 2.22. The number of hydrogen-bond donors (Lipinski definition) is 1. The van der Waals surface area contributed by atoms with E-state index in [-0.39, 0.29) is 13.2 Å². The number of primary amides is 1. The molecule has 2 aromatic carbocycles. The van der Waals surface area contributed by atoms with Crippen molar-refractivity contribution < 1.29 is 9.53 Å². The van der Waals surface area contributed by atoms with Gasteiger partial charge in [0.15, 0.2) is 0 Å². The molecule has 3 aromatic rings. The van der Waals surface area contributed by atoms with Crippen molar-refractivity contribution in [1.29, 1.82) is 0 Å². The standard InChI is InChI=1S/C18H19N3O2/c1-12-7-8-13(2)16(9-12)23-11-18-20-14-5-3-4-6-15(14)21(18)10-17(19)22/h3-9H,10-11H2,1-2H3,(H2,19,22). The monoisotopic (exact) mass is 309 g/mol. The molecular formula is C18H19N3O2. The summed E-state index contributed by atoms with van der Waals surface area (Å²) in [7, 11) is 0. The fourth-order valence-corrected chi connectivity index (χ4v) is 2.57. The van der Waals surface area contributed by atoms with Crippen LogP contribution in [0.15, 0.2) is 42.5 Å². The van der Waals surface area contributed by atoms with Crippen molar-refractivity contribution in [1.82, 2.24) is 9.55 Å². The van der Waals surface area contributed by atoms with Crippen LogP contribution < -0.4 is 10.5 Å². The third-order valence-electron chi connectivity index (χ3n) is 3.75. The maximum atomic E-state index is 11.4. The third-order valence-corrected chi connectivity index (χ3v) is 3.75. The first kappa shape index (κ1) is 15.1. The van der Waals surface area contributed by atoms with Gasteiger partial charge >= 0.3 is 0 Å². The van der Waals surface area contributed by atoms with Gasteiger partial charge in [0.05, 0.1) is 11.0 Å². The van der Waals surface area contributed by atoms with Gasteiger partial charge in [0.1, 0.15) is 24.7 Å². The zero-order chi connectivity index (χ0) is 16.4. The highest BCUT2D eigenvalue weighted by atomic mass is 16.5. The van der Waals surface area contributed by atoms with E-state index in [1.165, 1.54) is 0 Å². The summed E-state index contributed by atoms with van der Waals surface area (Å²) in [5.41, 5.74) is 9.27. The zero-order valence-electron chi connectivity index (χ0n) is 13.2. The van der Waals surface area contributed by atoms with E-state index in [0.29, 0.717) is 5.82 Å². The number of nitrogens with two attached hydrogens (primary N) is 1. The molecule has 1 amide bonds. The van der Waals surface area contributed by atoms with E-state index < -0.39 is 5.91 Å². The minimum atomic E-state index is -0.402. The van der Waals surface area contributed by atoms with Crippen molar-refractivity contribution in [3.8, 4) is 5.75 Å². The minimum Gasteiger partial charge on any atom is -0.485 e. The van der Waals surface area contributed by atoms with Crippen LogP contribution in [-0.4, -0.2) is 15.5 Å². The Morgan fingerprint density at radius 1 is 1.22 bits per heavy atom. The Kier molecular flexibility index (Phi) is 4.02. The maximum absolute atomic E-state index is 11.4. The fraction of sp³-hybridized carbons (Fsp3) is 0.222. The number of fused-ring (bicyclic) bond motifs is 1. The summed E-state index contributed by atoms with van der Waals surface area (Å²) in [6.07, 6.45) is 0. The topological polar surface area (TPSA) is 70.1 Å². The molecule has 1 aromatic heterocycles. The quantitative estimate of drug-likeness (QED) is 0.788. The van der Waals surface area contributed by atoms with Crippen molar-refractivity contribution in [2.24, 2.45) is 5.73 Å². The van der Waals surface area contributed by atoms with E-state index in [1.54, 1.807) is 0 Å². The van der Waals surface area contributed by atoms with Gasteiger partial charge in [0.2, 0.25) is 5.91 Å². The lowest BCUT2D eigenvalue weighted by molar-refractivity contribution is -0.118. The molecule has 3 rings (SSSR count). The van der Waals surface area contributed by atoms with Crippen molar-refractivity contribution >= 4 is 16.9 Å². The Morgan fingerprint density at radius 2 is 2.00 bits per heavy atom. The molecule has 0 saturated heterocycles. The van der Waals surface area contributed by atoms with E-state index in [4.69, 9.17) is 10.5 Å². The number of imidazole rings is 1. The van der Waals surface area contributed by atoms with Crippen molar-refractivity contribution in [2.75, 3.05) is 0 Å². The molecule has 2 N–H and O–H groups in total. The molecule has 0 atom stereocenters. The first-order chi connectivity index (χ1) is 11.0. The Balaban J connectivity index is 1.92. The predicted octanol–water partition coefficient (Wildman–Crippen LogP) is 2.72. The first-order valence-electron chi connectivity index (χ1n) is 7.47. The van der Waals surface area contributed by atoms with Crippen LogP contribution in [0.2, 0.25) is 0 Å². The summed E-state index contributed by atoms with van der Waals surface area (Å²) in [6, 6.07) is 13.7. The molecule has 0 radical (unpaired) electrons. The smallest absolute Gasteiger partial charge is 0.237 e. The highest BCUT2D eigenvalue weighted by molar-refractivity contribution is 5.80. The minimum absolute atomic E-state index is 0.0893. The second-order valence-electron chi connectivity index (χ2n) is 5.63. The van der Waals surface area contributed by atoms with Crippen LogP contribution in [0.5, 0.6) is 5.75 Å². The van der Waals surface area contributed by atoms with Crippen LogP contribution in [0.3, 0.4) is 0 Å². The molecule has 0 bridgehead atoms. The first-order valence-corrected chi connectivity index (χ1v) is 7.47. The number of para-hydroxylation sites is 2. The molecule has 5 nitrogen and oxygen atoms in total. The van der Waals surface area contributed by atoms with Crippen LogP contribution in [0.4, 0.5) is 0 Å². The molecule has 0 spiro atoms. The molecule has 0 aliphatic rings. The number of carbonyl (C=O) groups excluding carboxylic acids is 1. The molecule has 0 aliphatic carbocycles. The summed E-state index contributed by atoms with van der Waals surface area (Å²) in [6.45, 7) is 4.40. The fourth-order valence-electron chi connectivity index (χ4n) is 2.57. The second kappa shape index (κ2) is 6.12. The lowest BCUT2D eigenvalue weighted by Crippen LogP contribution is -2.20. The van der Waals surface area contributed by atoms with Gasteiger partial charge in [-0.1, -0.05) is 24.3 Å². The number of aromatic nitrogens is 2. The van der Waals surface area contributed by atoms with Gasteiger partial charge < -0.3 is 15.0 Å². The van der Waals surface area contributed by atoms with Crippen LogP contribution in [0.25, 0.3) is 11.0 Å². The van der Waals surface area contributed by atoms with E-state index in [0.717, 1.165) is 27.9 Å². The Labute approximate surface area is 134 Å². The number of nitrogens with zero attached hydrogens (tertiary/aromatic N) is 2. The van der Waals surface area contributed by atoms with E-state index >= 15 is 0 Å². The van der Waals surface area contributed by atoms with Gasteiger partial charge in [0.25, 0.3) is 0 Å². The normalized spacial score (nSPS) is 10.9.